The van der Waals surface area contributed by atoms with E-state index in [0.717, 1.165) is 43.4 Å². The monoisotopic (exact) mass is 355 g/mol. The topological polar surface area (TPSA) is 45.7 Å². The largest absolute Gasteiger partial charge is 0.462 e. The van der Waals surface area contributed by atoms with Crippen LogP contribution in [-0.2, 0) is 4.74 Å². The first-order valence-electron chi connectivity index (χ1n) is 8.40. The van der Waals surface area contributed by atoms with Crippen LogP contribution in [0.3, 0.4) is 0 Å². The van der Waals surface area contributed by atoms with Crippen LogP contribution in [-0.4, -0.2) is 55.2 Å². The summed E-state index contributed by atoms with van der Waals surface area (Å²) in [5, 5.41) is 0.887. The lowest BCUT2D eigenvalue weighted by Crippen LogP contribution is -2.46. The molecule has 0 spiro atoms. The molecule has 1 aliphatic heterocycles. The number of nitrogens with zero attached hydrogens (tertiary/aromatic N) is 3. The van der Waals surface area contributed by atoms with E-state index in [1.165, 1.54) is 11.3 Å². The highest BCUT2D eigenvalue weighted by Crippen LogP contribution is 2.24. The summed E-state index contributed by atoms with van der Waals surface area (Å²) in [7, 11) is 0. The van der Waals surface area contributed by atoms with Gasteiger partial charge in [-0.25, -0.2) is 9.78 Å². The van der Waals surface area contributed by atoms with Crippen LogP contribution in [0.15, 0.2) is 36.5 Å². The van der Waals surface area contributed by atoms with Crippen LogP contribution in [0, 0.1) is 11.8 Å². The Morgan fingerprint density at radius 1 is 1.24 bits per heavy atom. The Kier molecular flexibility index (Phi) is 6.04. The first kappa shape index (κ1) is 17.5. The van der Waals surface area contributed by atoms with Gasteiger partial charge in [0.15, 0.2) is 5.13 Å². The van der Waals surface area contributed by atoms with E-state index >= 15 is 0 Å². The Balaban J connectivity index is 1.49. The van der Waals surface area contributed by atoms with E-state index in [4.69, 9.17) is 4.74 Å². The fourth-order valence-electron chi connectivity index (χ4n) is 2.58. The third-order valence-electron chi connectivity index (χ3n) is 3.92. The number of piperazine rings is 1. The van der Waals surface area contributed by atoms with Gasteiger partial charge in [-0.3, -0.25) is 4.90 Å². The number of benzene rings is 1. The summed E-state index contributed by atoms with van der Waals surface area (Å²) in [6, 6.07) is 10.0. The molecule has 25 heavy (non-hydrogen) atoms. The smallest absolute Gasteiger partial charge is 0.350 e. The van der Waals surface area contributed by atoms with Crippen molar-refractivity contribution >= 4 is 22.4 Å². The molecule has 1 fully saturated rings. The molecule has 2 aromatic rings. The molecular formula is C19H21N3O2S. The second-order valence-electron chi connectivity index (χ2n) is 5.66. The van der Waals surface area contributed by atoms with E-state index < -0.39 is 0 Å². The molecule has 0 unspecified atom stereocenters. The van der Waals surface area contributed by atoms with E-state index in [0.29, 0.717) is 11.5 Å². The maximum absolute atomic E-state index is 11.7. The number of aromatic nitrogens is 1. The number of hydrogen-bond donors (Lipinski definition) is 0. The highest BCUT2D eigenvalue weighted by atomic mass is 32.1. The normalized spacial score (nSPS) is 14.7. The second-order valence-corrected chi connectivity index (χ2v) is 6.67. The van der Waals surface area contributed by atoms with Gasteiger partial charge in [-0.1, -0.05) is 41.4 Å². The third kappa shape index (κ3) is 4.81. The van der Waals surface area contributed by atoms with Crippen molar-refractivity contribution in [3.8, 4) is 11.8 Å². The number of thiazole rings is 1. The lowest BCUT2D eigenvalue weighted by atomic mass is 10.2. The molecule has 3 rings (SSSR count). The number of hydrogen-bond acceptors (Lipinski definition) is 6. The molecule has 0 amide bonds. The summed E-state index contributed by atoms with van der Waals surface area (Å²) in [4.78, 5) is 21.2. The average Bonchev–Trinajstić information content (AvgIpc) is 3.14. The van der Waals surface area contributed by atoms with Gasteiger partial charge in [-0.15, -0.1) is 0 Å². The molecular weight excluding hydrogens is 334 g/mol. The maximum atomic E-state index is 11.7. The summed E-state index contributed by atoms with van der Waals surface area (Å²) < 4.78 is 5.02. The van der Waals surface area contributed by atoms with Gasteiger partial charge >= 0.3 is 5.97 Å². The molecule has 1 aromatic heterocycles. The Labute approximate surface area is 152 Å². The third-order valence-corrected chi connectivity index (χ3v) is 4.96. The minimum absolute atomic E-state index is 0.291. The molecule has 0 atom stereocenters. The minimum atomic E-state index is -0.291. The quantitative estimate of drug-likeness (QED) is 0.623. The first-order chi connectivity index (χ1) is 12.3. The lowest BCUT2D eigenvalue weighted by molar-refractivity contribution is 0.0532. The zero-order valence-electron chi connectivity index (χ0n) is 14.3. The van der Waals surface area contributed by atoms with E-state index in [1.807, 2.05) is 30.3 Å². The molecule has 130 valence electrons. The van der Waals surface area contributed by atoms with Crippen molar-refractivity contribution in [3.05, 3.63) is 47.0 Å². The van der Waals surface area contributed by atoms with Gasteiger partial charge in [-0.05, 0) is 19.1 Å². The van der Waals surface area contributed by atoms with Crippen molar-refractivity contribution in [3.63, 3.8) is 0 Å². The SMILES string of the molecule is CCOC(=O)c1cnc(N2CCN(CC#Cc3ccccc3)CC2)s1. The Morgan fingerprint density at radius 3 is 2.72 bits per heavy atom. The predicted octanol–water partition coefficient (Wildman–Crippen LogP) is 2.49. The molecule has 5 nitrogen and oxygen atoms in total. The average molecular weight is 355 g/mol. The van der Waals surface area contributed by atoms with Crippen LogP contribution in [0.4, 0.5) is 5.13 Å². The Hall–Kier alpha value is -2.36. The van der Waals surface area contributed by atoms with E-state index in [2.05, 4.69) is 26.6 Å². The van der Waals surface area contributed by atoms with Crippen LogP contribution in [0.25, 0.3) is 0 Å². The maximum Gasteiger partial charge on any atom is 0.350 e. The molecule has 0 bridgehead atoms. The van der Waals surface area contributed by atoms with Crippen LogP contribution in [0.5, 0.6) is 0 Å². The van der Waals surface area contributed by atoms with Crippen LogP contribution in [0.2, 0.25) is 0 Å². The fraction of sp³-hybridized carbons (Fsp3) is 0.368. The van der Waals surface area contributed by atoms with Gasteiger partial charge in [0.2, 0.25) is 0 Å². The van der Waals surface area contributed by atoms with Crippen LogP contribution < -0.4 is 4.90 Å². The zero-order chi connectivity index (χ0) is 17.5. The Morgan fingerprint density at radius 2 is 2.00 bits per heavy atom. The number of rotatable bonds is 4. The first-order valence-corrected chi connectivity index (χ1v) is 9.22. The highest BCUT2D eigenvalue weighted by Gasteiger charge is 2.20. The molecule has 1 aliphatic rings. The highest BCUT2D eigenvalue weighted by molar-refractivity contribution is 7.17. The molecule has 0 saturated carbocycles. The van der Waals surface area contributed by atoms with Gasteiger partial charge in [0.25, 0.3) is 0 Å². The summed E-state index contributed by atoms with van der Waals surface area (Å²) in [5.74, 6) is 6.15. The molecule has 0 N–H and O–H groups in total. The van der Waals surface area contributed by atoms with Crippen molar-refractivity contribution in [2.75, 3.05) is 44.2 Å². The van der Waals surface area contributed by atoms with Gasteiger partial charge in [0.1, 0.15) is 4.88 Å². The van der Waals surface area contributed by atoms with Gasteiger partial charge in [-0.2, -0.15) is 0 Å². The van der Waals surface area contributed by atoms with Crippen LogP contribution >= 0.6 is 11.3 Å². The molecule has 1 saturated heterocycles. The van der Waals surface area contributed by atoms with E-state index in [-0.39, 0.29) is 5.97 Å². The van der Waals surface area contributed by atoms with E-state index in [1.54, 1.807) is 13.1 Å². The van der Waals surface area contributed by atoms with Crippen LogP contribution in [0.1, 0.15) is 22.2 Å². The van der Waals surface area contributed by atoms with Crippen molar-refractivity contribution in [1.29, 1.82) is 0 Å². The lowest BCUT2D eigenvalue weighted by Gasteiger charge is -2.33. The summed E-state index contributed by atoms with van der Waals surface area (Å²) in [5.41, 5.74) is 1.05. The Bertz CT molecular complexity index is 756. The summed E-state index contributed by atoms with van der Waals surface area (Å²) in [6.45, 7) is 6.63. The summed E-state index contributed by atoms with van der Waals surface area (Å²) >= 11 is 1.40. The van der Waals surface area contributed by atoms with Gasteiger partial charge in [0.05, 0.1) is 19.3 Å². The van der Waals surface area contributed by atoms with Crippen molar-refractivity contribution in [2.45, 2.75) is 6.92 Å². The molecule has 0 aliphatic carbocycles. The standard InChI is InChI=1S/C19H21N3O2S/c1-2-24-18(23)17-15-20-19(25-17)22-13-11-21(12-14-22)10-6-9-16-7-4-3-5-8-16/h3-5,7-8,15H,2,10-14H2,1H3. The molecule has 2 heterocycles. The molecule has 6 heteroatoms. The number of carbonyl (C=O) groups is 1. The second kappa shape index (κ2) is 8.65. The van der Waals surface area contributed by atoms with Gasteiger partial charge in [0, 0.05) is 31.7 Å². The van der Waals surface area contributed by atoms with Crippen molar-refractivity contribution in [2.24, 2.45) is 0 Å². The zero-order valence-corrected chi connectivity index (χ0v) is 15.1. The minimum Gasteiger partial charge on any atom is -0.462 e. The summed E-state index contributed by atoms with van der Waals surface area (Å²) in [6.07, 6.45) is 1.61. The fourth-order valence-corrected chi connectivity index (χ4v) is 3.44. The molecule has 0 radical (unpaired) electrons. The van der Waals surface area contributed by atoms with Crippen molar-refractivity contribution < 1.29 is 9.53 Å². The van der Waals surface area contributed by atoms with E-state index in [9.17, 15) is 4.79 Å². The molecule has 1 aromatic carbocycles. The number of ether oxygens (including phenoxy) is 1. The van der Waals surface area contributed by atoms with Gasteiger partial charge < -0.3 is 9.64 Å². The number of esters is 1. The van der Waals surface area contributed by atoms with Crippen molar-refractivity contribution in [1.82, 2.24) is 9.88 Å². The number of carbonyl (C=O) groups excluding carboxylic acids is 1. The predicted molar refractivity (Wildman–Crippen MR) is 100 cm³/mol. The number of anilines is 1.